The highest BCUT2D eigenvalue weighted by Crippen LogP contribution is 2.02. The predicted molar refractivity (Wildman–Crippen MR) is 69.5 cm³/mol. The van der Waals surface area contributed by atoms with Gasteiger partial charge in [-0.05, 0) is 26.7 Å². The molecule has 0 aliphatic heterocycles. The average Bonchev–Trinajstić information content (AvgIpc) is 2.70. The number of carbonyl (C=O) groups is 1. The van der Waals surface area contributed by atoms with Gasteiger partial charge in [-0.3, -0.25) is 13.9 Å². The first-order valence-corrected chi connectivity index (χ1v) is 6.60. The molecule has 0 aromatic carbocycles. The highest BCUT2D eigenvalue weighted by Gasteiger charge is 2.03. The number of esters is 1. The third kappa shape index (κ3) is 4.39. The number of ether oxygens (including phenoxy) is 1. The first-order valence-electron chi connectivity index (χ1n) is 6.60. The number of carbonyl (C=O) groups excluding carboxylic acids is 1. The summed E-state index contributed by atoms with van der Waals surface area (Å²) < 4.78 is 8.24. The number of unbranched alkanes of at least 4 members (excludes halogenated alkanes) is 2. The van der Waals surface area contributed by atoms with Crippen molar-refractivity contribution in [3.05, 3.63) is 22.9 Å². The van der Waals surface area contributed by atoms with Crippen LogP contribution in [0.15, 0.2) is 17.2 Å². The Morgan fingerprint density at radius 1 is 1.17 bits per heavy atom. The molecular weight excluding hydrogens is 232 g/mol. The summed E-state index contributed by atoms with van der Waals surface area (Å²) in [5.74, 6) is -0.133. The van der Waals surface area contributed by atoms with Gasteiger partial charge in [-0.15, -0.1) is 0 Å². The third-order valence-electron chi connectivity index (χ3n) is 2.84. The van der Waals surface area contributed by atoms with Crippen LogP contribution < -0.4 is 5.69 Å². The van der Waals surface area contributed by atoms with Crippen molar-refractivity contribution in [3.8, 4) is 0 Å². The molecule has 0 atom stereocenters. The maximum absolute atomic E-state index is 11.7. The van der Waals surface area contributed by atoms with Crippen LogP contribution in [0.3, 0.4) is 0 Å². The van der Waals surface area contributed by atoms with Gasteiger partial charge in [-0.25, -0.2) is 4.79 Å². The molecule has 0 N–H and O–H groups in total. The zero-order valence-corrected chi connectivity index (χ0v) is 11.2. The van der Waals surface area contributed by atoms with Crippen LogP contribution in [0.25, 0.3) is 0 Å². The van der Waals surface area contributed by atoms with Crippen LogP contribution in [-0.2, 0) is 22.6 Å². The molecule has 0 fully saturated rings. The van der Waals surface area contributed by atoms with E-state index in [1.54, 1.807) is 15.3 Å². The molecule has 5 nitrogen and oxygen atoms in total. The minimum atomic E-state index is -0.133. The molecule has 0 amide bonds. The molecule has 0 radical (unpaired) electrons. The van der Waals surface area contributed by atoms with Gasteiger partial charge in [0.15, 0.2) is 0 Å². The van der Waals surface area contributed by atoms with Crippen molar-refractivity contribution in [1.82, 2.24) is 9.13 Å². The summed E-state index contributed by atoms with van der Waals surface area (Å²) in [4.78, 5) is 22.8. The van der Waals surface area contributed by atoms with Crippen LogP contribution in [0, 0.1) is 0 Å². The zero-order chi connectivity index (χ0) is 13.4. The molecule has 0 saturated carbocycles. The number of aromatic nitrogens is 2. The van der Waals surface area contributed by atoms with Gasteiger partial charge in [0.1, 0.15) is 0 Å². The molecule has 0 aliphatic carbocycles. The van der Waals surface area contributed by atoms with E-state index in [1.165, 1.54) is 0 Å². The maximum atomic E-state index is 11.7. The van der Waals surface area contributed by atoms with Crippen molar-refractivity contribution in [2.45, 2.75) is 52.6 Å². The molecular formula is C13H22N2O3. The normalized spacial score (nSPS) is 10.6. The average molecular weight is 254 g/mol. The smallest absolute Gasteiger partial charge is 0.328 e. The second kappa shape index (κ2) is 7.74. The van der Waals surface area contributed by atoms with Crippen LogP contribution in [0.5, 0.6) is 0 Å². The molecule has 0 spiro atoms. The van der Waals surface area contributed by atoms with Gasteiger partial charge in [-0.2, -0.15) is 0 Å². The third-order valence-corrected chi connectivity index (χ3v) is 2.84. The van der Waals surface area contributed by atoms with Crippen molar-refractivity contribution in [3.63, 3.8) is 0 Å². The summed E-state index contributed by atoms with van der Waals surface area (Å²) in [6.07, 6.45) is 6.76. The fourth-order valence-electron chi connectivity index (χ4n) is 1.83. The van der Waals surface area contributed by atoms with Gasteiger partial charge in [0.25, 0.3) is 0 Å². The van der Waals surface area contributed by atoms with E-state index in [9.17, 15) is 9.59 Å². The van der Waals surface area contributed by atoms with E-state index in [4.69, 9.17) is 4.74 Å². The van der Waals surface area contributed by atoms with Gasteiger partial charge >= 0.3 is 11.7 Å². The Morgan fingerprint density at radius 3 is 2.50 bits per heavy atom. The molecule has 18 heavy (non-hydrogen) atoms. The Labute approximate surface area is 107 Å². The highest BCUT2D eigenvalue weighted by molar-refractivity contribution is 5.69. The molecule has 1 aromatic rings. The second-order valence-corrected chi connectivity index (χ2v) is 4.18. The van der Waals surface area contributed by atoms with Crippen molar-refractivity contribution in [2.24, 2.45) is 0 Å². The first-order chi connectivity index (χ1) is 8.69. The molecule has 102 valence electrons. The lowest BCUT2D eigenvalue weighted by molar-refractivity contribution is -0.143. The highest BCUT2D eigenvalue weighted by atomic mass is 16.5. The van der Waals surface area contributed by atoms with Crippen LogP contribution in [0.2, 0.25) is 0 Å². The van der Waals surface area contributed by atoms with Crippen molar-refractivity contribution < 1.29 is 9.53 Å². The first kappa shape index (κ1) is 14.5. The molecule has 1 rings (SSSR count). The van der Waals surface area contributed by atoms with Crippen molar-refractivity contribution >= 4 is 5.97 Å². The Kier molecular flexibility index (Phi) is 6.25. The van der Waals surface area contributed by atoms with Crippen LogP contribution in [-0.4, -0.2) is 21.7 Å². The number of hydrogen-bond acceptors (Lipinski definition) is 3. The molecule has 0 aliphatic rings. The zero-order valence-electron chi connectivity index (χ0n) is 11.2. The van der Waals surface area contributed by atoms with Gasteiger partial charge < -0.3 is 4.74 Å². The lowest BCUT2D eigenvalue weighted by atomic mass is 10.2. The summed E-state index contributed by atoms with van der Waals surface area (Å²) in [6, 6.07) is 0. The molecule has 0 saturated heterocycles. The number of hydrogen-bond donors (Lipinski definition) is 0. The van der Waals surface area contributed by atoms with E-state index < -0.39 is 0 Å². The Hall–Kier alpha value is -1.52. The van der Waals surface area contributed by atoms with Gasteiger partial charge in [0.05, 0.1) is 6.61 Å². The minimum Gasteiger partial charge on any atom is -0.466 e. The maximum Gasteiger partial charge on any atom is 0.328 e. The molecule has 0 bridgehead atoms. The standard InChI is InChI=1S/C13H22N2O3/c1-3-14-10-11-15(13(14)17)9-7-5-6-8-12(16)18-4-2/h10-11H,3-9H2,1-2H3. The lowest BCUT2D eigenvalue weighted by Crippen LogP contribution is -2.23. The second-order valence-electron chi connectivity index (χ2n) is 4.18. The Bertz CT molecular complexity index is 420. The van der Waals surface area contributed by atoms with Crippen LogP contribution in [0.1, 0.15) is 39.5 Å². The molecule has 1 aromatic heterocycles. The topological polar surface area (TPSA) is 53.2 Å². The number of nitrogens with zero attached hydrogens (tertiary/aromatic N) is 2. The van der Waals surface area contributed by atoms with E-state index in [-0.39, 0.29) is 11.7 Å². The quantitative estimate of drug-likeness (QED) is 0.525. The van der Waals surface area contributed by atoms with E-state index in [1.807, 2.05) is 20.0 Å². The van der Waals surface area contributed by atoms with Gasteiger partial charge in [0, 0.05) is 31.9 Å². The molecule has 0 unspecified atom stereocenters. The SMILES string of the molecule is CCOC(=O)CCCCCn1ccn(CC)c1=O. The number of aryl methyl sites for hydroxylation is 2. The monoisotopic (exact) mass is 254 g/mol. The van der Waals surface area contributed by atoms with E-state index in [0.29, 0.717) is 26.1 Å². The largest absolute Gasteiger partial charge is 0.466 e. The van der Waals surface area contributed by atoms with E-state index >= 15 is 0 Å². The van der Waals surface area contributed by atoms with Gasteiger partial charge in [-0.1, -0.05) is 6.42 Å². The van der Waals surface area contributed by atoms with Crippen molar-refractivity contribution in [2.75, 3.05) is 6.61 Å². The fourth-order valence-corrected chi connectivity index (χ4v) is 1.83. The van der Waals surface area contributed by atoms with E-state index in [2.05, 4.69) is 0 Å². The number of rotatable bonds is 8. The summed E-state index contributed by atoms with van der Waals surface area (Å²) in [6.45, 7) is 5.62. The van der Waals surface area contributed by atoms with Crippen LogP contribution in [0.4, 0.5) is 0 Å². The van der Waals surface area contributed by atoms with E-state index in [0.717, 1.165) is 19.3 Å². The fraction of sp³-hybridized carbons (Fsp3) is 0.692. The summed E-state index contributed by atoms with van der Waals surface area (Å²) in [5, 5.41) is 0. The van der Waals surface area contributed by atoms with Gasteiger partial charge in [0.2, 0.25) is 0 Å². The summed E-state index contributed by atoms with van der Waals surface area (Å²) >= 11 is 0. The molecule has 1 heterocycles. The lowest BCUT2D eigenvalue weighted by Gasteiger charge is -2.03. The summed E-state index contributed by atoms with van der Waals surface area (Å²) in [7, 11) is 0. The minimum absolute atomic E-state index is 0.0443. The Morgan fingerprint density at radius 2 is 1.89 bits per heavy atom. The number of imidazole rings is 1. The Balaban J connectivity index is 2.20. The molecule has 5 heteroatoms. The van der Waals surface area contributed by atoms with Crippen LogP contribution >= 0.6 is 0 Å². The summed E-state index contributed by atoms with van der Waals surface area (Å²) in [5.41, 5.74) is 0.0443. The van der Waals surface area contributed by atoms with Crippen molar-refractivity contribution in [1.29, 1.82) is 0 Å². The predicted octanol–water partition coefficient (Wildman–Crippen LogP) is 1.79.